The number of nitrogens with zero attached hydrogens (tertiary/aromatic N) is 3. The molecular weight excluding hydrogens is 422 g/mol. The van der Waals surface area contributed by atoms with Gasteiger partial charge in [-0.25, -0.2) is 0 Å². The van der Waals surface area contributed by atoms with E-state index in [2.05, 4.69) is 36.2 Å². The monoisotopic (exact) mass is 438 g/mol. The van der Waals surface area contributed by atoms with Crippen molar-refractivity contribution in [1.29, 1.82) is 0 Å². The van der Waals surface area contributed by atoms with Gasteiger partial charge in [0.2, 0.25) is 0 Å². The Kier molecular flexibility index (Phi) is 5.90. The molecule has 0 saturated heterocycles. The van der Waals surface area contributed by atoms with Crippen LogP contribution in [0.3, 0.4) is 0 Å². The van der Waals surface area contributed by atoms with E-state index in [4.69, 9.17) is 4.74 Å². The molecule has 1 heterocycles. The normalized spacial score (nSPS) is 10.9. The summed E-state index contributed by atoms with van der Waals surface area (Å²) < 4.78 is 37.0. The van der Waals surface area contributed by atoms with Gasteiger partial charge >= 0.3 is 6.61 Å². The van der Waals surface area contributed by atoms with Crippen LogP contribution < -0.4 is 14.8 Å². The second-order valence-electron chi connectivity index (χ2n) is 5.69. The first-order valence-electron chi connectivity index (χ1n) is 7.97. The molecule has 1 aromatic heterocycles. The van der Waals surface area contributed by atoms with Gasteiger partial charge in [-0.2, -0.15) is 8.78 Å². The molecule has 1 N–H and O–H groups in total. The van der Waals surface area contributed by atoms with E-state index < -0.39 is 6.61 Å². The maximum Gasteiger partial charge on any atom is 0.387 e. The van der Waals surface area contributed by atoms with Gasteiger partial charge in [0.15, 0.2) is 17.3 Å². The number of ether oxygens (including phenoxy) is 2. The Morgan fingerprint density at radius 2 is 2.07 bits per heavy atom. The lowest BCUT2D eigenvalue weighted by Crippen LogP contribution is -2.06. The minimum absolute atomic E-state index is 0.0273. The van der Waals surface area contributed by atoms with Crippen LogP contribution in [0.2, 0.25) is 0 Å². The predicted molar refractivity (Wildman–Crippen MR) is 101 cm³/mol. The lowest BCUT2D eigenvalue weighted by atomic mass is 10.1. The second-order valence-corrected chi connectivity index (χ2v) is 6.54. The zero-order valence-corrected chi connectivity index (χ0v) is 16.2. The second kappa shape index (κ2) is 8.34. The quantitative estimate of drug-likeness (QED) is 0.589. The van der Waals surface area contributed by atoms with Crippen molar-refractivity contribution in [1.82, 2.24) is 14.8 Å². The van der Waals surface area contributed by atoms with Crippen LogP contribution in [0.5, 0.6) is 11.5 Å². The number of anilines is 1. The average Bonchev–Trinajstić information content (AvgIpc) is 3.07. The van der Waals surface area contributed by atoms with Crippen molar-refractivity contribution < 1.29 is 18.3 Å². The molecular formula is C18H17BrF2N4O2. The van der Waals surface area contributed by atoms with Crippen molar-refractivity contribution in [3.8, 4) is 22.9 Å². The molecule has 142 valence electrons. The van der Waals surface area contributed by atoms with Gasteiger partial charge in [0.05, 0.1) is 11.6 Å². The number of aryl methyl sites for hydroxylation is 1. The van der Waals surface area contributed by atoms with Gasteiger partial charge in [-0.15, -0.1) is 10.2 Å². The van der Waals surface area contributed by atoms with Crippen LogP contribution in [0.25, 0.3) is 11.4 Å². The molecule has 2 aromatic carbocycles. The summed E-state index contributed by atoms with van der Waals surface area (Å²) in [5.74, 6) is 0.964. The number of nitrogens with one attached hydrogen (secondary N) is 1. The van der Waals surface area contributed by atoms with E-state index in [0.717, 1.165) is 22.6 Å². The zero-order valence-electron chi connectivity index (χ0n) is 14.6. The van der Waals surface area contributed by atoms with Gasteiger partial charge < -0.3 is 19.4 Å². The van der Waals surface area contributed by atoms with Crippen molar-refractivity contribution in [3.63, 3.8) is 0 Å². The van der Waals surface area contributed by atoms with Gasteiger partial charge in [-0.3, -0.25) is 0 Å². The molecule has 0 aliphatic carbocycles. The third kappa shape index (κ3) is 4.54. The first-order chi connectivity index (χ1) is 13.0. The highest BCUT2D eigenvalue weighted by Crippen LogP contribution is 2.37. The van der Waals surface area contributed by atoms with Crippen molar-refractivity contribution in [3.05, 3.63) is 52.8 Å². The number of benzene rings is 2. The van der Waals surface area contributed by atoms with Gasteiger partial charge in [0.25, 0.3) is 0 Å². The number of aromatic nitrogens is 3. The van der Waals surface area contributed by atoms with Crippen LogP contribution in [0.15, 0.2) is 47.2 Å². The maximum absolute atomic E-state index is 12.5. The van der Waals surface area contributed by atoms with E-state index in [-0.39, 0.29) is 11.5 Å². The fourth-order valence-corrected chi connectivity index (χ4v) is 3.18. The fraction of sp³-hybridized carbons (Fsp3) is 0.222. The minimum Gasteiger partial charge on any atom is -0.493 e. The fourth-order valence-electron chi connectivity index (χ4n) is 2.60. The standard InChI is InChI=1S/C18H17BrF2N4O2/c1-25-10-23-24-17(25)12-4-3-5-13(8-12)22-9-11-6-14(19)16(27-18(20)21)15(7-11)26-2/h3-8,10,18,22H,9H2,1-2H3. The van der Waals surface area contributed by atoms with Crippen molar-refractivity contribution in [2.75, 3.05) is 12.4 Å². The molecule has 0 radical (unpaired) electrons. The third-order valence-corrected chi connectivity index (χ3v) is 4.41. The lowest BCUT2D eigenvalue weighted by molar-refractivity contribution is -0.0517. The molecule has 0 unspecified atom stereocenters. The van der Waals surface area contributed by atoms with Gasteiger partial charge in [-0.1, -0.05) is 12.1 Å². The van der Waals surface area contributed by atoms with Gasteiger partial charge in [0.1, 0.15) is 6.33 Å². The molecule has 0 aliphatic heterocycles. The van der Waals surface area contributed by atoms with E-state index in [1.54, 1.807) is 18.5 Å². The molecule has 27 heavy (non-hydrogen) atoms. The molecule has 0 amide bonds. The lowest BCUT2D eigenvalue weighted by Gasteiger charge is -2.14. The summed E-state index contributed by atoms with van der Waals surface area (Å²) in [5, 5.41) is 11.3. The molecule has 9 heteroatoms. The molecule has 3 aromatic rings. The number of hydrogen-bond acceptors (Lipinski definition) is 5. The average molecular weight is 439 g/mol. The summed E-state index contributed by atoms with van der Waals surface area (Å²) in [4.78, 5) is 0. The number of alkyl halides is 2. The van der Waals surface area contributed by atoms with E-state index >= 15 is 0 Å². The number of hydrogen-bond donors (Lipinski definition) is 1. The highest BCUT2D eigenvalue weighted by molar-refractivity contribution is 9.10. The summed E-state index contributed by atoms with van der Waals surface area (Å²) in [7, 11) is 3.28. The zero-order chi connectivity index (χ0) is 19.4. The van der Waals surface area contributed by atoms with Gasteiger partial charge in [0, 0.05) is 24.8 Å². The van der Waals surface area contributed by atoms with Crippen LogP contribution in [0.1, 0.15) is 5.56 Å². The van der Waals surface area contributed by atoms with Gasteiger partial charge in [-0.05, 0) is 45.8 Å². The first kappa shape index (κ1) is 19.1. The topological polar surface area (TPSA) is 61.2 Å². The highest BCUT2D eigenvalue weighted by atomic mass is 79.9. The van der Waals surface area contributed by atoms with E-state index in [1.165, 1.54) is 7.11 Å². The number of rotatable bonds is 7. The Morgan fingerprint density at radius 3 is 2.74 bits per heavy atom. The summed E-state index contributed by atoms with van der Waals surface area (Å²) in [6.45, 7) is -2.46. The third-order valence-electron chi connectivity index (χ3n) is 3.82. The van der Waals surface area contributed by atoms with E-state index in [0.29, 0.717) is 11.0 Å². The summed E-state index contributed by atoms with van der Waals surface area (Å²) in [6, 6.07) is 11.1. The van der Waals surface area contributed by atoms with Crippen LogP contribution in [0, 0.1) is 0 Å². The highest BCUT2D eigenvalue weighted by Gasteiger charge is 2.16. The Labute approximate surface area is 163 Å². The molecule has 0 atom stereocenters. The molecule has 0 spiro atoms. The molecule has 0 fully saturated rings. The molecule has 3 rings (SSSR count). The summed E-state index contributed by atoms with van der Waals surface area (Å²) >= 11 is 3.26. The Hall–Kier alpha value is -2.68. The van der Waals surface area contributed by atoms with Crippen LogP contribution in [0.4, 0.5) is 14.5 Å². The first-order valence-corrected chi connectivity index (χ1v) is 8.76. The Bertz CT molecular complexity index is 933. The summed E-state index contributed by atoms with van der Waals surface area (Å²) in [5.41, 5.74) is 2.65. The Morgan fingerprint density at radius 1 is 1.26 bits per heavy atom. The largest absolute Gasteiger partial charge is 0.493 e. The van der Waals surface area contributed by atoms with E-state index in [9.17, 15) is 8.78 Å². The van der Waals surface area contributed by atoms with Crippen LogP contribution in [-0.4, -0.2) is 28.5 Å². The van der Waals surface area contributed by atoms with E-state index in [1.807, 2.05) is 35.9 Å². The predicted octanol–water partition coefficient (Wildman–Crippen LogP) is 4.47. The van der Waals surface area contributed by atoms with Crippen LogP contribution in [-0.2, 0) is 13.6 Å². The van der Waals surface area contributed by atoms with Crippen molar-refractivity contribution in [2.45, 2.75) is 13.2 Å². The van der Waals surface area contributed by atoms with Crippen molar-refractivity contribution >= 4 is 21.6 Å². The summed E-state index contributed by atoms with van der Waals surface area (Å²) in [6.07, 6.45) is 1.64. The smallest absolute Gasteiger partial charge is 0.387 e. The maximum atomic E-state index is 12.5. The molecule has 0 aliphatic rings. The Balaban J connectivity index is 1.77. The van der Waals surface area contributed by atoms with Crippen LogP contribution >= 0.6 is 15.9 Å². The molecule has 6 nitrogen and oxygen atoms in total. The number of methoxy groups -OCH3 is 1. The molecule has 0 bridgehead atoms. The molecule has 0 saturated carbocycles. The number of halogens is 3. The minimum atomic E-state index is -2.93. The van der Waals surface area contributed by atoms with Crippen molar-refractivity contribution in [2.24, 2.45) is 7.05 Å². The SMILES string of the molecule is COc1cc(CNc2cccc(-c3nncn3C)c2)cc(Br)c1OC(F)F.